The monoisotopic (exact) mass is 340 g/mol. The van der Waals surface area contributed by atoms with E-state index in [0.717, 1.165) is 24.8 Å². The molecule has 0 saturated carbocycles. The Bertz CT molecular complexity index is 776. The Hall–Kier alpha value is -2.69. The summed E-state index contributed by atoms with van der Waals surface area (Å²) in [5.41, 5.74) is 3.02. The third-order valence-corrected chi connectivity index (χ3v) is 4.40. The number of benzene rings is 2. The molecule has 0 spiro atoms. The maximum absolute atomic E-state index is 13.1. The average molecular weight is 340 g/mol. The molecule has 1 atom stereocenters. The van der Waals surface area contributed by atoms with Crippen LogP contribution in [0.4, 0.5) is 4.39 Å². The first kappa shape index (κ1) is 17.1. The first-order chi connectivity index (χ1) is 12.1. The summed E-state index contributed by atoms with van der Waals surface area (Å²) in [6, 6.07) is 14.0. The highest BCUT2D eigenvalue weighted by Gasteiger charge is 2.21. The Kier molecular flexibility index (Phi) is 5.43. The fourth-order valence-corrected chi connectivity index (χ4v) is 3.22. The summed E-state index contributed by atoms with van der Waals surface area (Å²) in [5.74, 6) is -0.891. The van der Waals surface area contributed by atoms with Crippen molar-refractivity contribution in [3.63, 3.8) is 0 Å². The molecule has 2 amide bonds. The second kappa shape index (κ2) is 7.92. The van der Waals surface area contributed by atoms with Crippen molar-refractivity contribution in [2.24, 2.45) is 0 Å². The molecule has 2 N–H and O–H groups in total. The Labute approximate surface area is 146 Å². The number of amides is 2. The van der Waals surface area contributed by atoms with Crippen molar-refractivity contribution < 1.29 is 14.0 Å². The van der Waals surface area contributed by atoms with Gasteiger partial charge >= 0.3 is 0 Å². The number of nitrogens with one attached hydrogen (secondary N) is 2. The molecule has 0 fully saturated rings. The van der Waals surface area contributed by atoms with Crippen molar-refractivity contribution in [1.82, 2.24) is 10.6 Å². The predicted molar refractivity (Wildman–Crippen MR) is 93.4 cm³/mol. The molecular weight excluding hydrogens is 319 g/mol. The lowest BCUT2D eigenvalue weighted by Crippen LogP contribution is -2.40. The van der Waals surface area contributed by atoms with Crippen LogP contribution >= 0.6 is 0 Å². The van der Waals surface area contributed by atoms with Crippen LogP contribution in [0.5, 0.6) is 0 Å². The van der Waals surface area contributed by atoms with E-state index in [1.807, 2.05) is 18.2 Å². The Balaban J connectivity index is 1.49. The minimum Gasteiger partial charge on any atom is -0.348 e. The van der Waals surface area contributed by atoms with Crippen molar-refractivity contribution in [3.05, 3.63) is 71.0 Å². The summed E-state index contributed by atoms with van der Waals surface area (Å²) in [6.45, 7) is -0.0766. The molecule has 130 valence electrons. The molecule has 3 rings (SSSR count). The summed E-state index contributed by atoms with van der Waals surface area (Å²) >= 11 is 0. The quantitative estimate of drug-likeness (QED) is 0.879. The SMILES string of the molecule is O=C(Cc1cccc(F)c1)NCC(=O)N[C@H]1CCCc2ccccc21. The number of carbonyl (C=O) groups excluding carboxylic acids is 2. The molecule has 2 aromatic rings. The standard InChI is InChI=1S/C20H21FN2O2/c21-16-8-3-5-14(11-16)12-19(24)22-13-20(25)23-18-10-4-7-15-6-1-2-9-17(15)18/h1-3,5-6,8-9,11,18H,4,7,10,12-13H2,(H,22,24)(H,23,25)/t18-/m0/s1. The van der Waals surface area contributed by atoms with E-state index in [0.29, 0.717) is 5.56 Å². The van der Waals surface area contributed by atoms with Crippen LogP contribution in [-0.2, 0) is 22.4 Å². The van der Waals surface area contributed by atoms with Crippen molar-refractivity contribution in [2.45, 2.75) is 31.7 Å². The van der Waals surface area contributed by atoms with Crippen LogP contribution in [0.3, 0.4) is 0 Å². The highest BCUT2D eigenvalue weighted by atomic mass is 19.1. The Morgan fingerprint density at radius 3 is 2.76 bits per heavy atom. The van der Waals surface area contributed by atoms with Gasteiger partial charge in [0, 0.05) is 0 Å². The molecule has 0 bridgehead atoms. The topological polar surface area (TPSA) is 58.2 Å². The van der Waals surface area contributed by atoms with E-state index in [-0.39, 0.29) is 36.6 Å². The van der Waals surface area contributed by atoms with Crippen LogP contribution in [0.25, 0.3) is 0 Å². The van der Waals surface area contributed by atoms with Gasteiger partial charge < -0.3 is 10.6 Å². The number of aryl methyl sites for hydroxylation is 1. The summed E-state index contributed by atoms with van der Waals surface area (Å²) in [5, 5.41) is 5.58. The number of hydrogen-bond donors (Lipinski definition) is 2. The first-order valence-corrected chi connectivity index (χ1v) is 8.50. The first-order valence-electron chi connectivity index (χ1n) is 8.50. The van der Waals surface area contributed by atoms with Crippen LogP contribution in [0.2, 0.25) is 0 Å². The minimum atomic E-state index is -0.376. The lowest BCUT2D eigenvalue weighted by atomic mass is 9.88. The smallest absolute Gasteiger partial charge is 0.239 e. The fraction of sp³-hybridized carbons (Fsp3) is 0.300. The summed E-state index contributed by atoms with van der Waals surface area (Å²) in [6.07, 6.45) is 3.03. The van der Waals surface area contributed by atoms with Crippen LogP contribution in [0.1, 0.15) is 35.6 Å². The molecule has 1 aliphatic carbocycles. The van der Waals surface area contributed by atoms with Crippen molar-refractivity contribution in [1.29, 1.82) is 0 Å². The van der Waals surface area contributed by atoms with E-state index in [1.54, 1.807) is 12.1 Å². The molecule has 25 heavy (non-hydrogen) atoms. The highest BCUT2D eigenvalue weighted by molar-refractivity contribution is 5.85. The lowest BCUT2D eigenvalue weighted by molar-refractivity contribution is -0.126. The van der Waals surface area contributed by atoms with Gasteiger partial charge in [0.05, 0.1) is 19.0 Å². The van der Waals surface area contributed by atoms with Crippen molar-refractivity contribution >= 4 is 11.8 Å². The maximum Gasteiger partial charge on any atom is 0.239 e. The zero-order valence-corrected chi connectivity index (χ0v) is 13.9. The number of hydrogen-bond acceptors (Lipinski definition) is 2. The van der Waals surface area contributed by atoms with E-state index in [1.165, 1.54) is 17.7 Å². The second-order valence-corrected chi connectivity index (χ2v) is 6.29. The molecule has 0 heterocycles. The van der Waals surface area contributed by atoms with Gasteiger partial charge in [0.15, 0.2) is 0 Å². The van der Waals surface area contributed by atoms with Crippen LogP contribution in [0, 0.1) is 5.82 Å². The average Bonchev–Trinajstić information content (AvgIpc) is 2.60. The number of halogens is 1. The summed E-state index contributed by atoms with van der Waals surface area (Å²) in [4.78, 5) is 24.1. The highest BCUT2D eigenvalue weighted by Crippen LogP contribution is 2.29. The van der Waals surface area contributed by atoms with Crippen molar-refractivity contribution in [2.75, 3.05) is 6.54 Å². The zero-order valence-electron chi connectivity index (χ0n) is 13.9. The maximum atomic E-state index is 13.1. The molecule has 0 aromatic heterocycles. The van der Waals surface area contributed by atoms with Crippen LogP contribution in [0.15, 0.2) is 48.5 Å². The van der Waals surface area contributed by atoms with E-state index in [2.05, 4.69) is 16.7 Å². The fourth-order valence-electron chi connectivity index (χ4n) is 3.22. The van der Waals surface area contributed by atoms with Gasteiger partial charge in [-0.25, -0.2) is 4.39 Å². The van der Waals surface area contributed by atoms with Gasteiger partial charge in [-0.15, -0.1) is 0 Å². The van der Waals surface area contributed by atoms with Crippen LogP contribution in [-0.4, -0.2) is 18.4 Å². The number of fused-ring (bicyclic) bond motifs is 1. The minimum absolute atomic E-state index is 0.00225. The predicted octanol–water partition coefficient (Wildman–Crippen LogP) is 2.68. The van der Waals surface area contributed by atoms with Gasteiger partial charge in [-0.2, -0.15) is 0 Å². The lowest BCUT2D eigenvalue weighted by Gasteiger charge is -2.26. The van der Waals surface area contributed by atoms with E-state index in [4.69, 9.17) is 0 Å². The molecule has 0 saturated heterocycles. The Morgan fingerprint density at radius 2 is 1.92 bits per heavy atom. The van der Waals surface area contributed by atoms with Gasteiger partial charge in [0.2, 0.25) is 11.8 Å². The van der Waals surface area contributed by atoms with Gasteiger partial charge in [0.1, 0.15) is 5.82 Å². The van der Waals surface area contributed by atoms with Crippen LogP contribution < -0.4 is 10.6 Å². The molecule has 0 unspecified atom stereocenters. The molecule has 0 aliphatic heterocycles. The second-order valence-electron chi connectivity index (χ2n) is 6.29. The van der Waals surface area contributed by atoms with Gasteiger partial charge in [-0.05, 0) is 48.1 Å². The zero-order chi connectivity index (χ0) is 17.6. The van der Waals surface area contributed by atoms with Gasteiger partial charge in [0.25, 0.3) is 0 Å². The third kappa shape index (κ3) is 4.66. The van der Waals surface area contributed by atoms with E-state index < -0.39 is 0 Å². The van der Waals surface area contributed by atoms with E-state index in [9.17, 15) is 14.0 Å². The molecule has 1 aliphatic rings. The number of carbonyl (C=O) groups is 2. The molecule has 5 heteroatoms. The number of rotatable bonds is 5. The van der Waals surface area contributed by atoms with E-state index >= 15 is 0 Å². The Morgan fingerprint density at radius 1 is 1.08 bits per heavy atom. The molecular formula is C20H21FN2O2. The largest absolute Gasteiger partial charge is 0.348 e. The molecule has 0 radical (unpaired) electrons. The third-order valence-electron chi connectivity index (χ3n) is 4.40. The van der Waals surface area contributed by atoms with Gasteiger partial charge in [-0.3, -0.25) is 9.59 Å². The summed E-state index contributed by atoms with van der Waals surface area (Å²) < 4.78 is 13.1. The van der Waals surface area contributed by atoms with Crippen molar-refractivity contribution in [3.8, 4) is 0 Å². The normalized spacial score (nSPS) is 16.0. The molecule has 2 aromatic carbocycles. The summed E-state index contributed by atoms with van der Waals surface area (Å²) in [7, 11) is 0. The van der Waals surface area contributed by atoms with Gasteiger partial charge in [-0.1, -0.05) is 36.4 Å². The molecule has 4 nitrogen and oxygen atoms in total.